The molecule has 4 heterocycles. The number of imidazole rings is 1. The molecule has 1 unspecified atom stereocenters. The SMILES string of the molecule is CC(CC(=N)c1ccc(-c2nc(Nc3ccc(N4CCOCC4)cc3)nc3nc[nH]c23)cn1)N(C)C. The Labute approximate surface area is 210 Å². The molecule has 0 aliphatic carbocycles. The third-order valence-corrected chi connectivity index (χ3v) is 6.51. The zero-order valence-electron chi connectivity index (χ0n) is 20.8. The predicted molar refractivity (Wildman–Crippen MR) is 142 cm³/mol. The van der Waals surface area contributed by atoms with E-state index in [1.165, 1.54) is 5.69 Å². The summed E-state index contributed by atoms with van der Waals surface area (Å²) in [5, 5.41) is 11.7. The van der Waals surface area contributed by atoms with Crippen LogP contribution in [0.3, 0.4) is 0 Å². The molecule has 1 aliphatic heterocycles. The first-order valence-corrected chi connectivity index (χ1v) is 12.1. The molecule has 3 aromatic heterocycles. The van der Waals surface area contributed by atoms with Crippen LogP contribution in [0.15, 0.2) is 48.9 Å². The van der Waals surface area contributed by atoms with E-state index in [-0.39, 0.29) is 6.04 Å². The second-order valence-corrected chi connectivity index (χ2v) is 9.20. The number of benzene rings is 1. The molecule has 0 bridgehead atoms. The Morgan fingerprint density at radius 2 is 1.89 bits per heavy atom. The van der Waals surface area contributed by atoms with Crippen molar-refractivity contribution >= 4 is 34.2 Å². The van der Waals surface area contributed by atoms with E-state index in [2.05, 4.69) is 54.1 Å². The van der Waals surface area contributed by atoms with Crippen LogP contribution in [0.5, 0.6) is 0 Å². The number of nitrogens with zero attached hydrogens (tertiary/aromatic N) is 6. The molecule has 0 radical (unpaired) electrons. The highest BCUT2D eigenvalue weighted by molar-refractivity contribution is 5.97. The van der Waals surface area contributed by atoms with E-state index in [4.69, 9.17) is 15.1 Å². The number of rotatable bonds is 8. The van der Waals surface area contributed by atoms with Crippen molar-refractivity contribution in [2.75, 3.05) is 50.6 Å². The number of hydrogen-bond donors (Lipinski definition) is 3. The van der Waals surface area contributed by atoms with E-state index in [0.717, 1.165) is 43.1 Å². The Morgan fingerprint density at radius 1 is 1.11 bits per heavy atom. The Balaban J connectivity index is 1.37. The highest BCUT2D eigenvalue weighted by Gasteiger charge is 2.16. The van der Waals surface area contributed by atoms with Gasteiger partial charge in [0.15, 0.2) is 5.65 Å². The van der Waals surface area contributed by atoms with Crippen molar-refractivity contribution in [2.24, 2.45) is 0 Å². The van der Waals surface area contributed by atoms with Gasteiger partial charge in [-0.2, -0.15) is 4.98 Å². The molecule has 3 N–H and O–H groups in total. The number of fused-ring (bicyclic) bond motifs is 1. The Bertz CT molecular complexity index is 1330. The molecule has 10 heteroatoms. The average molecular weight is 486 g/mol. The van der Waals surface area contributed by atoms with Gasteiger partial charge in [-0.15, -0.1) is 0 Å². The second-order valence-electron chi connectivity index (χ2n) is 9.20. The molecule has 0 spiro atoms. The highest BCUT2D eigenvalue weighted by atomic mass is 16.5. The lowest BCUT2D eigenvalue weighted by Crippen LogP contribution is -2.36. The van der Waals surface area contributed by atoms with E-state index in [1.807, 2.05) is 38.4 Å². The minimum Gasteiger partial charge on any atom is -0.378 e. The topological polar surface area (TPSA) is 119 Å². The number of ether oxygens (including phenoxy) is 1. The van der Waals surface area contributed by atoms with Gasteiger partial charge in [0.05, 0.1) is 30.9 Å². The molecular weight excluding hydrogens is 454 g/mol. The minimum absolute atomic E-state index is 0.266. The van der Waals surface area contributed by atoms with Crippen LogP contribution in [0, 0.1) is 5.41 Å². The van der Waals surface area contributed by atoms with Crippen molar-refractivity contribution in [1.82, 2.24) is 29.8 Å². The van der Waals surface area contributed by atoms with Gasteiger partial charge in [-0.3, -0.25) is 4.98 Å². The Hall–Kier alpha value is -3.89. The van der Waals surface area contributed by atoms with Crippen molar-refractivity contribution < 1.29 is 4.74 Å². The maximum absolute atomic E-state index is 8.42. The van der Waals surface area contributed by atoms with E-state index >= 15 is 0 Å². The highest BCUT2D eigenvalue weighted by Crippen LogP contribution is 2.27. The maximum Gasteiger partial charge on any atom is 0.229 e. The third-order valence-electron chi connectivity index (χ3n) is 6.51. The Morgan fingerprint density at radius 3 is 2.58 bits per heavy atom. The molecule has 1 atom stereocenters. The molecule has 5 rings (SSSR count). The van der Waals surface area contributed by atoms with Crippen molar-refractivity contribution in [3.05, 3.63) is 54.6 Å². The molecule has 1 fully saturated rings. The van der Waals surface area contributed by atoms with Crippen molar-refractivity contribution in [1.29, 1.82) is 5.41 Å². The molecule has 0 saturated carbocycles. The van der Waals surface area contributed by atoms with Crippen LogP contribution < -0.4 is 10.2 Å². The van der Waals surface area contributed by atoms with Gasteiger partial charge in [-0.25, -0.2) is 9.97 Å². The number of morpholine rings is 1. The number of H-pyrrole nitrogens is 1. The molecule has 10 nitrogen and oxygen atoms in total. The molecule has 186 valence electrons. The van der Waals surface area contributed by atoms with Crippen molar-refractivity contribution in [3.8, 4) is 11.3 Å². The summed E-state index contributed by atoms with van der Waals surface area (Å²) in [5.74, 6) is 0.459. The third kappa shape index (κ3) is 5.19. The largest absolute Gasteiger partial charge is 0.378 e. The fourth-order valence-electron chi connectivity index (χ4n) is 4.10. The Kier molecular flexibility index (Phi) is 6.88. The molecular formula is C26H31N9O. The van der Waals surface area contributed by atoms with Crippen molar-refractivity contribution in [2.45, 2.75) is 19.4 Å². The van der Waals surface area contributed by atoms with Gasteiger partial charge in [0.1, 0.15) is 11.2 Å². The average Bonchev–Trinajstić information content (AvgIpc) is 3.38. The van der Waals surface area contributed by atoms with E-state index in [1.54, 1.807) is 12.5 Å². The summed E-state index contributed by atoms with van der Waals surface area (Å²) in [6.45, 7) is 5.41. The van der Waals surface area contributed by atoms with Crippen LogP contribution in [0.25, 0.3) is 22.4 Å². The number of anilines is 3. The minimum atomic E-state index is 0.266. The van der Waals surface area contributed by atoms with Crippen molar-refractivity contribution in [3.63, 3.8) is 0 Å². The lowest BCUT2D eigenvalue weighted by molar-refractivity contribution is 0.122. The first-order valence-electron chi connectivity index (χ1n) is 12.1. The first-order chi connectivity index (χ1) is 17.5. The standard InChI is InChI=1S/C26H31N9O/c1-17(34(2)3)14-21(27)22-9-4-18(15-28-22)23-24-25(30-16-29-24)33-26(32-23)31-19-5-7-20(8-6-19)35-10-12-36-13-11-35/h4-9,15-17,27H,10-14H2,1-3H3,(H2,29,30,31,32,33). The lowest BCUT2D eigenvalue weighted by atomic mass is 10.1. The van der Waals surface area contributed by atoms with Crippen LogP contribution in [-0.4, -0.2) is 82.0 Å². The summed E-state index contributed by atoms with van der Waals surface area (Å²) in [6.07, 6.45) is 4.01. The molecule has 1 aromatic carbocycles. The smallest absolute Gasteiger partial charge is 0.229 e. The number of hydrogen-bond acceptors (Lipinski definition) is 9. The van der Waals surface area contributed by atoms with Gasteiger partial charge >= 0.3 is 0 Å². The summed E-state index contributed by atoms with van der Waals surface area (Å²) in [5.41, 5.74) is 6.10. The zero-order chi connectivity index (χ0) is 25.1. The normalized spacial score (nSPS) is 14.8. The van der Waals surface area contributed by atoms with Gasteiger partial charge in [0.2, 0.25) is 5.95 Å². The fourth-order valence-corrected chi connectivity index (χ4v) is 4.10. The summed E-state index contributed by atoms with van der Waals surface area (Å²) in [6, 6.07) is 12.3. The molecule has 36 heavy (non-hydrogen) atoms. The molecule has 4 aromatic rings. The summed E-state index contributed by atoms with van der Waals surface area (Å²) < 4.78 is 5.45. The summed E-state index contributed by atoms with van der Waals surface area (Å²) >= 11 is 0. The molecule has 1 aliphatic rings. The zero-order valence-corrected chi connectivity index (χ0v) is 20.8. The van der Waals surface area contributed by atoms with Gasteiger partial charge in [-0.1, -0.05) is 0 Å². The maximum atomic E-state index is 8.42. The summed E-state index contributed by atoms with van der Waals surface area (Å²) in [4.78, 5) is 25.8. The van der Waals surface area contributed by atoms with Crippen LogP contribution in [0.4, 0.5) is 17.3 Å². The number of pyridine rings is 1. The van der Waals surface area contributed by atoms with Gasteiger partial charge in [0.25, 0.3) is 0 Å². The number of aromatic amines is 1. The van der Waals surface area contributed by atoms with Crippen LogP contribution in [-0.2, 0) is 4.74 Å². The van der Waals surface area contributed by atoms with Crippen LogP contribution in [0.2, 0.25) is 0 Å². The van der Waals surface area contributed by atoms with E-state index < -0.39 is 0 Å². The first kappa shape index (κ1) is 23.8. The van der Waals surface area contributed by atoms with E-state index in [9.17, 15) is 0 Å². The van der Waals surface area contributed by atoms with Gasteiger partial charge in [-0.05, 0) is 57.4 Å². The monoisotopic (exact) mass is 485 g/mol. The molecule has 0 amide bonds. The van der Waals surface area contributed by atoms with Crippen LogP contribution >= 0.6 is 0 Å². The predicted octanol–water partition coefficient (Wildman–Crippen LogP) is 3.70. The molecule has 1 saturated heterocycles. The number of nitrogens with one attached hydrogen (secondary N) is 3. The second kappa shape index (κ2) is 10.4. The summed E-state index contributed by atoms with van der Waals surface area (Å²) in [7, 11) is 4.03. The fraction of sp³-hybridized carbons (Fsp3) is 0.346. The van der Waals surface area contributed by atoms with Crippen LogP contribution in [0.1, 0.15) is 19.0 Å². The lowest BCUT2D eigenvalue weighted by Gasteiger charge is -2.28. The number of aromatic nitrogens is 5. The van der Waals surface area contributed by atoms with E-state index in [0.29, 0.717) is 35.1 Å². The quantitative estimate of drug-likeness (QED) is 0.323. The van der Waals surface area contributed by atoms with Gasteiger partial charge in [0, 0.05) is 48.7 Å². The van der Waals surface area contributed by atoms with Gasteiger partial charge < -0.3 is 30.2 Å².